The van der Waals surface area contributed by atoms with Crippen molar-refractivity contribution in [3.8, 4) is 0 Å². The number of anilines is 1. The number of nitrogens with zero attached hydrogens (tertiary/aromatic N) is 3. The number of hydrogen-bond acceptors (Lipinski definition) is 5. The minimum atomic E-state index is -4.07. The second-order valence-electron chi connectivity index (χ2n) is 8.35. The van der Waals surface area contributed by atoms with Crippen molar-refractivity contribution in [2.45, 2.75) is 63.9 Å². The summed E-state index contributed by atoms with van der Waals surface area (Å²) in [6.45, 7) is 6.42. The summed E-state index contributed by atoms with van der Waals surface area (Å²) in [6.07, 6.45) is 5.99. The summed E-state index contributed by atoms with van der Waals surface area (Å²) in [5.41, 5.74) is 6.48. The molecule has 1 aromatic heterocycles. The van der Waals surface area contributed by atoms with E-state index >= 15 is 0 Å². The van der Waals surface area contributed by atoms with Crippen LogP contribution < -0.4 is 10.0 Å². The summed E-state index contributed by atoms with van der Waals surface area (Å²) in [5, 5.41) is 6.86. The van der Waals surface area contributed by atoms with Crippen LogP contribution in [0.4, 0.5) is 10.5 Å². The smallest absolute Gasteiger partial charge is 0.307 e. The number of fused-ring (bicyclic) bond motifs is 2. The first-order chi connectivity index (χ1) is 14.8. The average Bonchev–Trinajstić information content (AvgIpc) is 3.45. The van der Waals surface area contributed by atoms with E-state index in [2.05, 4.69) is 40.0 Å². The average molecular weight is 469 g/mol. The van der Waals surface area contributed by atoms with E-state index in [1.165, 1.54) is 17.2 Å². The third-order valence-electron chi connectivity index (χ3n) is 6.45. The van der Waals surface area contributed by atoms with Crippen LogP contribution in [0, 0.1) is 0 Å². The Morgan fingerprint density at radius 3 is 2.22 bits per heavy atom. The molecule has 4 rings (SSSR count). The van der Waals surface area contributed by atoms with E-state index in [4.69, 9.17) is 0 Å². The fourth-order valence-corrected chi connectivity index (χ4v) is 5.63. The van der Waals surface area contributed by atoms with Crippen molar-refractivity contribution in [2.75, 3.05) is 18.4 Å². The second-order valence-corrected chi connectivity index (χ2v) is 9.98. The van der Waals surface area contributed by atoms with Gasteiger partial charge in [0.05, 0.1) is 5.69 Å². The van der Waals surface area contributed by atoms with Crippen molar-refractivity contribution >= 4 is 51.3 Å². The van der Waals surface area contributed by atoms with Gasteiger partial charge >= 0.3 is 6.03 Å². The molecule has 0 saturated heterocycles. The summed E-state index contributed by atoms with van der Waals surface area (Å²) < 4.78 is 29.4. The second kappa shape index (κ2) is 10.3. The molecule has 0 bridgehead atoms. The van der Waals surface area contributed by atoms with E-state index in [1.807, 2.05) is 0 Å². The topological polar surface area (TPSA) is 96.3 Å². The zero-order valence-electron chi connectivity index (χ0n) is 19.5. The van der Waals surface area contributed by atoms with E-state index in [0.717, 1.165) is 74.1 Å². The molecule has 0 unspecified atom stereocenters. The molecule has 10 heteroatoms. The van der Waals surface area contributed by atoms with Crippen LogP contribution in [0.2, 0.25) is 0 Å². The van der Waals surface area contributed by atoms with Gasteiger partial charge in [-0.2, -0.15) is 13.5 Å². The van der Waals surface area contributed by atoms with Crippen LogP contribution in [0.25, 0.3) is 0 Å². The van der Waals surface area contributed by atoms with E-state index in [9.17, 15) is 13.2 Å². The maximum atomic E-state index is 12.8. The molecular weight excluding hydrogens is 437 g/mol. The van der Waals surface area contributed by atoms with Crippen molar-refractivity contribution in [2.24, 2.45) is 7.05 Å². The number of urea groups is 1. The number of sulfonamides is 1. The number of amides is 2. The number of aromatic nitrogens is 2. The van der Waals surface area contributed by atoms with Gasteiger partial charge in [-0.15, -0.1) is 0 Å². The van der Waals surface area contributed by atoms with Gasteiger partial charge in [-0.3, -0.25) is 9.58 Å². The molecular formula is C22H31N5NaO3S. The van der Waals surface area contributed by atoms with Crippen molar-refractivity contribution in [3.63, 3.8) is 0 Å². The Morgan fingerprint density at radius 1 is 1.06 bits per heavy atom. The number of aryl methyl sites for hydroxylation is 3. The van der Waals surface area contributed by atoms with E-state index in [1.54, 1.807) is 11.7 Å². The molecule has 2 aliphatic rings. The Morgan fingerprint density at radius 2 is 1.66 bits per heavy atom. The van der Waals surface area contributed by atoms with Crippen molar-refractivity contribution < 1.29 is 13.2 Å². The van der Waals surface area contributed by atoms with Gasteiger partial charge in [-0.05, 0) is 73.9 Å². The van der Waals surface area contributed by atoms with Crippen molar-refractivity contribution in [1.82, 2.24) is 19.4 Å². The first kappa shape index (κ1) is 25.2. The van der Waals surface area contributed by atoms with Gasteiger partial charge in [0.2, 0.25) is 0 Å². The van der Waals surface area contributed by atoms with Gasteiger partial charge in [0.25, 0.3) is 10.0 Å². The number of rotatable bonds is 7. The molecule has 32 heavy (non-hydrogen) atoms. The minimum absolute atomic E-state index is 0. The van der Waals surface area contributed by atoms with Crippen molar-refractivity contribution in [1.29, 1.82) is 0 Å². The molecule has 0 spiro atoms. The Balaban J connectivity index is 0.00000289. The zero-order chi connectivity index (χ0) is 22.2. The van der Waals surface area contributed by atoms with Crippen LogP contribution in [0.3, 0.4) is 0 Å². The summed E-state index contributed by atoms with van der Waals surface area (Å²) in [5.74, 6) is 0. The predicted octanol–water partition coefficient (Wildman–Crippen LogP) is 2.37. The first-order valence-corrected chi connectivity index (χ1v) is 12.6. The summed E-state index contributed by atoms with van der Waals surface area (Å²) >= 11 is 0. The molecule has 1 aromatic carbocycles. The Bertz CT molecular complexity index is 1080. The van der Waals surface area contributed by atoms with Gasteiger partial charge in [0, 0.05) is 54.9 Å². The molecule has 0 saturated carbocycles. The molecule has 8 nitrogen and oxygen atoms in total. The molecule has 0 fully saturated rings. The third-order valence-corrected chi connectivity index (χ3v) is 7.65. The van der Waals surface area contributed by atoms with Crippen LogP contribution in [0.5, 0.6) is 0 Å². The maximum absolute atomic E-state index is 12.8. The maximum Gasteiger partial charge on any atom is 0.333 e. The number of carbonyl (C=O) groups is 1. The molecule has 2 aliphatic carbocycles. The first-order valence-electron chi connectivity index (χ1n) is 11.1. The van der Waals surface area contributed by atoms with Gasteiger partial charge in [-0.25, -0.2) is 9.52 Å². The van der Waals surface area contributed by atoms with Crippen LogP contribution in [0.15, 0.2) is 17.2 Å². The van der Waals surface area contributed by atoms with Gasteiger partial charge in [0.1, 0.15) is 0 Å². The monoisotopic (exact) mass is 468 g/mol. The number of benzene rings is 1. The van der Waals surface area contributed by atoms with E-state index < -0.39 is 16.1 Å². The minimum Gasteiger partial charge on any atom is -0.307 e. The summed E-state index contributed by atoms with van der Waals surface area (Å²) in [7, 11) is -2.35. The van der Waals surface area contributed by atoms with Gasteiger partial charge in [0.15, 0.2) is 5.03 Å². The predicted molar refractivity (Wildman–Crippen MR) is 125 cm³/mol. The van der Waals surface area contributed by atoms with E-state index in [0.29, 0.717) is 6.54 Å². The van der Waals surface area contributed by atoms with Crippen LogP contribution in [-0.2, 0) is 49.3 Å². The van der Waals surface area contributed by atoms with Crippen LogP contribution in [-0.4, -0.2) is 71.8 Å². The number of nitrogens with one attached hydrogen (secondary N) is 2. The standard InChI is InChI=1S/C22H31N5O3S.Na/c1-4-27(5-2)14-17-13-20(24-26(17)3)31(29,30)25-22(28)23-21-18-10-6-8-15(18)12-16-9-7-11-19(16)21;/h12-13H,4-11,14H2,1-3H3,(H2,23,25,28);. The Kier molecular flexibility index (Phi) is 8.09. The van der Waals surface area contributed by atoms with Gasteiger partial charge < -0.3 is 5.32 Å². The summed E-state index contributed by atoms with van der Waals surface area (Å²) in [4.78, 5) is 14.9. The fourth-order valence-electron chi connectivity index (χ4n) is 4.71. The molecule has 169 valence electrons. The summed E-state index contributed by atoms with van der Waals surface area (Å²) in [6, 6.07) is 3.08. The Labute approximate surface area is 212 Å². The molecule has 2 aromatic rings. The fraction of sp³-hybridized carbons (Fsp3) is 0.545. The molecule has 1 radical (unpaired) electrons. The molecule has 1 heterocycles. The largest absolute Gasteiger partial charge is 0.333 e. The van der Waals surface area contributed by atoms with Crippen LogP contribution >= 0.6 is 0 Å². The third kappa shape index (κ3) is 5.07. The van der Waals surface area contributed by atoms with E-state index in [-0.39, 0.29) is 34.6 Å². The normalized spacial score (nSPS) is 14.8. The van der Waals surface area contributed by atoms with Crippen molar-refractivity contribution in [3.05, 3.63) is 40.1 Å². The zero-order valence-corrected chi connectivity index (χ0v) is 22.3. The molecule has 2 N–H and O–H groups in total. The number of hydrogen-bond donors (Lipinski definition) is 2. The molecule has 0 aliphatic heterocycles. The van der Waals surface area contributed by atoms with Gasteiger partial charge in [-0.1, -0.05) is 19.9 Å². The number of carbonyl (C=O) groups excluding carboxylic acids is 1. The van der Waals surface area contributed by atoms with Crippen LogP contribution in [0.1, 0.15) is 54.6 Å². The molecule has 2 amide bonds. The SMILES string of the molecule is CCN(CC)Cc1cc(S(=O)(=O)NC(=O)Nc2c3c(cc4c2CCC4)CCC3)nn1C.[Na]. The quantitative estimate of drug-likeness (QED) is 0.609. The Hall–Kier alpha value is -1.39. The molecule has 0 atom stereocenters.